The van der Waals surface area contributed by atoms with Crippen molar-refractivity contribution in [3.63, 3.8) is 0 Å². The zero-order valence-electron chi connectivity index (χ0n) is 13.0. The van der Waals surface area contributed by atoms with E-state index in [1.54, 1.807) is 17.0 Å². The normalized spacial score (nSPS) is 18.8. The smallest absolute Gasteiger partial charge is 0.242 e. The van der Waals surface area contributed by atoms with Gasteiger partial charge in [-0.05, 0) is 37.8 Å². The van der Waals surface area contributed by atoms with Crippen LogP contribution in [0.25, 0.3) is 0 Å². The fourth-order valence-electron chi connectivity index (χ4n) is 2.69. The number of aromatic nitrogens is 1. The number of likely N-dealkylation sites (tertiary alicyclic amines) is 1. The van der Waals surface area contributed by atoms with Gasteiger partial charge in [0.15, 0.2) is 0 Å². The second kappa shape index (κ2) is 8.34. The lowest BCUT2D eigenvalue weighted by molar-refractivity contribution is -0.136. The van der Waals surface area contributed by atoms with Crippen LogP contribution in [-0.4, -0.2) is 40.3 Å². The molecule has 1 saturated heterocycles. The molecule has 2 amide bonds. The zero-order chi connectivity index (χ0) is 15.7. The number of nitrogens with zero attached hydrogens (tertiary/aromatic N) is 2. The summed E-state index contributed by atoms with van der Waals surface area (Å²) in [6, 6.07) is 3.35. The predicted molar refractivity (Wildman–Crippen MR) is 97.8 cm³/mol. The van der Waals surface area contributed by atoms with Crippen molar-refractivity contribution >= 4 is 54.0 Å². The molecule has 6 nitrogen and oxygen atoms in total. The van der Waals surface area contributed by atoms with Crippen molar-refractivity contribution in [2.75, 3.05) is 18.4 Å². The maximum atomic E-state index is 12.2. The van der Waals surface area contributed by atoms with Crippen LogP contribution >= 0.6 is 36.4 Å². The van der Waals surface area contributed by atoms with Gasteiger partial charge < -0.3 is 16.0 Å². The Hall–Kier alpha value is -1.08. The van der Waals surface area contributed by atoms with E-state index in [2.05, 4.69) is 10.3 Å². The first-order valence-corrected chi connectivity index (χ1v) is 7.86. The number of carbonyl (C=O) groups excluding carboxylic acids is 2. The van der Waals surface area contributed by atoms with E-state index in [4.69, 9.17) is 17.3 Å². The summed E-state index contributed by atoms with van der Waals surface area (Å²) >= 11 is 5.76. The van der Waals surface area contributed by atoms with Crippen LogP contribution in [0.2, 0.25) is 5.02 Å². The molecule has 9 heteroatoms. The summed E-state index contributed by atoms with van der Waals surface area (Å²) in [4.78, 5) is 30.2. The van der Waals surface area contributed by atoms with Crippen molar-refractivity contribution in [3.05, 3.63) is 23.4 Å². The second-order valence-corrected chi connectivity index (χ2v) is 6.51. The number of halogens is 3. The van der Waals surface area contributed by atoms with Gasteiger partial charge in [0.25, 0.3) is 0 Å². The van der Waals surface area contributed by atoms with Gasteiger partial charge in [-0.25, -0.2) is 4.98 Å². The number of anilines is 1. The molecule has 2 heterocycles. The Bertz CT molecular complexity index is 585. The SMILES string of the molecule is Cl.Cl.NC1(C(=O)N2CCC(C(=O)Nc3ccc(Cl)cn3)CC2)CC1. The minimum atomic E-state index is -0.623. The van der Waals surface area contributed by atoms with Gasteiger partial charge >= 0.3 is 0 Å². The van der Waals surface area contributed by atoms with Crippen LogP contribution in [0.5, 0.6) is 0 Å². The van der Waals surface area contributed by atoms with Gasteiger partial charge in [0, 0.05) is 25.2 Å². The molecule has 0 atom stereocenters. The summed E-state index contributed by atoms with van der Waals surface area (Å²) in [5, 5.41) is 3.32. The minimum absolute atomic E-state index is 0. The standard InChI is InChI=1S/C15H19ClN4O2.2ClH/c16-11-1-2-12(18-9-11)19-13(21)10-3-7-20(8-4-10)14(22)15(17)5-6-15;;/h1-2,9-10H,3-8,17H2,(H,18,19,21);2*1H. The van der Waals surface area contributed by atoms with Crippen LogP contribution in [-0.2, 0) is 9.59 Å². The zero-order valence-corrected chi connectivity index (χ0v) is 15.4. The average Bonchev–Trinajstić information content (AvgIpc) is 3.28. The molecule has 0 unspecified atom stereocenters. The number of piperidine rings is 1. The highest BCUT2D eigenvalue weighted by atomic mass is 35.5. The Balaban J connectivity index is 0.00000144. The molecule has 0 radical (unpaired) electrons. The summed E-state index contributed by atoms with van der Waals surface area (Å²) < 4.78 is 0. The van der Waals surface area contributed by atoms with Gasteiger partial charge in [-0.15, -0.1) is 24.8 Å². The van der Waals surface area contributed by atoms with Gasteiger partial charge in [-0.2, -0.15) is 0 Å². The van der Waals surface area contributed by atoms with E-state index >= 15 is 0 Å². The fourth-order valence-corrected chi connectivity index (χ4v) is 2.80. The second-order valence-electron chi connectivity index (χ2n) is 6.07. The molecule has 1 aliphatic carbocycles. The lowest BCUT2D eigenvalue weighted by atomic mass is 9.95. The van der Waals surface area contributed by atoms with Crippen LogP contribution in [0.1, 0.15) is 25.7 Å². The number of rotatable bonds is 3. The van der Waals surface area contributed by atoms with Gasteiger partial charge in [0.1, 0.15) is 5.82 Å². The van der Waals surface area contributed by atoms with Crippen molar-refractivity contribution in [1.29, 1.82) is 0 Å². The molecule has 2 aliphatic rings. The van der Waals surface area contributed by atoms with Crippen LogP contribution in [0, 0.1) is 5.92 Å². The van der Waals surface area contributed by atoms with E-state index in [-0.39, 0.29) is 42.5 Å². The Morgan fingerprint density at radius 3 is 2.38 bits per heavy atom. The first kappa shape index (κ1) is 21.0. The van der Waals surface area contributed by atoms with Crippen molar-refractivity contribution in [2.24, 2.45) is 11.7 Å². The van der Waals surface area contributed by atoms with E-state index < -0.39 is 5.54 Å². The number of carbonyl (C=O) groups is 2. The summed E-state index contributed by atoms with van der Waals surface area (Å²) in [7, 11) is 0. The molecule has 24 heavy (non-hydrogen) atoms. The van der Waals surface area contributed by atoms with E-state index in [0.29, 0.717) is 36.8 Å². The molecule has 1 saturated carbocycles. The maximum Gasteiger partial charge on any atom is 0.242 e. The molecular weight excluding hydrogens is 375 g/mol. The third-order valence-corrected chi connectivity index (χ3v) is 4.57. The predicted octanol–water partition coefficient (Wildman–Crippen LogP) is 2.25. The molecule has 134 valence electrons. The lowest BCUT2D eigenvalue weighted by Gasteiger charge is -2.33. The molecule has 3 rings (SSSR count). The van der Waals surface area contributed by atoms with Crippen LogP contribution in [0.3, 0.4) is 0 Å². The summed E-state index contributed by atoms with van der Waals surface area (Å²) in [6.45, 7) is 1.17. The van der Waals surface area contributed by atoms with Crippen LogP contribution in [0.15, 0.2) is 18.3 Å². The quantitative estimate of drug-likeness (QED) is 0.821. The van der Waals surface area contributed by atoms with Gasteiger partial charge in [0.05, 0.1) is 10.6 Å². The number of amides is 2. The molecule has 3 N–H and O–H groups in total. The Kier molecular flexibility index (Phi) is 7.28. The number of pyridine rings is 1. The summed E-state index contributed by atoms with van der Waals surface area (Å²) in [5.41, 5.74) is 5.32. The Morgan fingerprint density at radius 2 is 1.88 bits per heavy atom. The average molecular weight is 396 g/mol. The third kappa shape index (κ3) is 4.72. The van der Waals surface area contributed by atoms with Crippen molar-refractivity contribution in [3.8, 4) is 0 Å². The van der Waals surface area contributed by atoms with Crippen molar-refractivity contribution in [1.82, 2.24) is 9.88 Å². The van der Waals surface area contributed by atoms with E-state index in [9.17, 15) is 9.59 Å². The van der Waals surface area contributed by atoms with E-state index in [0.717, 1.165) is 12.8 Å². The van der Waals surface area contributed by atoms with Crippen LogP contribution in [0.4, 0.5) is 5.82 Å². The Morgan fingerprint density at radius 1 is 1.25 bits per heavy atom. The van der Waals surface area contributed by atoms with Gasteiger partial charge in [-0.1, -0.05) is 11.6 Å². The highest BCUT2D eigenvalue weighted by Gasteiger charge is 2.48. The van der Waals surface area contributed by atoms with Crippen LogP contribution < -0.4 is 11.1 Å². The molecule has 1 aliphatic heterocycles. The molecule has 0 spiro atoms. The highest BCUT2D eigenvalue weighted by Crippen LogP contribution is 2.35. The molecule has 1 aromatic rings. The number of nitrogens with two attached hydrogens (primary N) is 1. The third-order valence-electron chi connectivity index (χ3n) is 4.35. The topological polar surface area (TPSA) is 88.3 Å². The van der Waals surface area contributed by atoms with Gasteiger partial charge in [-0.3, -0.25) is 9.59 Å². The fraction of sp³-hybridized carbons (Fsp3) is 0.533. The molecule has 0 bridgehead atoms. The Labute approximate surface area is 158 Å². The van der Waals surface area contributed by atoms with Gasteiger partial charge in [0.2, 0.25) is 11.8 Å². The molecule has 2 fully saturated rings. The summed E-state index contributed by atoms with van der Waals surface area (Å²) in [5.74, 6) is 0.364. The molecule has 0 aromatic carbocycles. The first-order valence-electron chi connectivity index (χ1n) is 7.49. The molecular formula is C15H21Cl3N4O2. The first-order chi connectivity index (χ1) is 10.5. The minimum Gasteiger partial charge on any atom is -0.341 e. The maximum absolute atomic E-state index is 12.2. The van der Waals surface area contributed by atoms with Crippen molar-refractivity contribution < 1.29 is 9.59 Å². The molecule has 1 aromatic heterocycles. The highest BCUT2D eigenvalue weighted by molar-refractivity contribution is 6.30. The lowest BCUT2D eigenvalue weighted by Crippen LogP contribution is -2.49. The summed E-state index contributed by atoms with van der Waals surface area (Å²) in [6.07, 6.45) is 4.35. The largest absolute Gasteiger partial charge is 0.341 e. The number of nitrogens with one attached hydrogen (secondary N) is 1. The van der Waals surface area contributed by atoms with E-state index in [1.165, 1.54) is 6.20 Å². The monoisotopic (exact) mass is 394 g/mol. The number of hydrogen-bond acceptors (Lipinski definition) is 4. The van der Waals surface area contributed by atoms with Crippen molar-refractivity contribution in [2.45, 2.75) is 31.2 Å². The van der Waals surface area contributed by atoms with E-state index in [1.807, 2.05) is 0 Å². The number of hydrogen-bond donors (Lipinski definition) is 2.